The number of benzene rings is 1. The number of hydrazine groups is 1. The quantitative estimate of drug-likeness (QED) is 0.366. The standard InChI is InChI=1S/C8H9IN2O/c1-6(12)11(10)8-4-2-7(9)3-5-8/h2-5H,10H2,1H3. The molecule has 12 heavy (non-hydrogen) atoms. The van der Waals surface area contributed by atoms with Crippen LogP contribution in [0.4, 0.5) is 5.69 Å². The molecule has 64 valence electrons. The molecule has 1 amide bonds. The summed E-state index contributed by atoms with van der Waals surface area (Å²) in [5, 5.41) is 1.12. The molecule has 0 aliphatic heterocycles. The normalized spacial score (nSPS) is 9.58. The molecule has 0 aromatic heterocycles. The molecule has 1 aromatic carbocycles. The number of halogens is 1. The zero-order valence-electron chi connectivity index (χ0n) is 6.62. The minimum absolute atomic E-state index is 0.170. The van der Waals surface area contributed by atoms with Gasteiger partial charge in [0.15, 0.2) is 0 Å². The minimum atomic E-state index is -0.170. The molecule has 0 bridgehead atoms. The topological polar surface area (TPSA) is 46.3 Å². The molecule has 1 rings (SSSR count). The first kappa shape index (κ1) is 9.47. The summed E-state index contributed by atoms with van der Waals surface area (Å²) in [7, 11) is 0. The average Bonchev–Trinajstić information content (AvgIpc) is 2.04. The van der Waals surface area contributed by atoms with Crippen molar-refractivity contribution in [1.29, 1.82) is 0 Å². The van der Waals surface area contributed by atoms with Gasteiger partial charge in [-0.15, -0.1) is 0 Å². The molecular formula is C8H9IN2O. The maximum atomic E-state index is 10.8. The number of rotatable bonds is 1. The molecule has 0 aliphatic carbocycles. The first-order valence-corrected chi connectivity index (χ1v) is 4.50. The Kier molecular flexibility index (Phi) is 3.05. The largest absolute Gasteiger partial charge is 0.273 e. The van der Waals surface area contributed by atoms with Gasteiger partial charge in [0.1, 0.15) is 0 Å². The fraction of sp³-hybridized carbons (Fsp3) is 0.125. The van der Waals surface area contributed by atoms with Crippen LogP contribution in [-0.4, -0.2) is 5.91 Å². The van der Waals surface area contributed by atoms with E-state index in [-0.39, 0.29) is 5.91 Å². The Morgan fingerprint density at radius 2 is 1.92 bits per heavy atom. The van der Waals surface area contributed by atoms with Gasteiger partial charge in [-0.25, -0.2) is 10.9 Å². The lowest BCUT2D eigenvalue weighted by atomic mass is 10.3. The zero-order chi connectivity index (χ0) is 9.14. The van der Waals surface area contributed by atoms with Gasteiger partial charge in [0.05, 0.1) is 5.69 Å². The van der Waals surface area contributed by atoms with Crippen molar-refractivity contribution in [3.05, 3.63) is 27.8 Å². The molecule has 0 aliphatic rings. The Morgan fingerprint density at radius 3 is 2.33 bits per heavy atom. The van der Waals surface area contributed by atoms with Gasteiger partial charge in [-0.2, -0.15) is 0 Å². The van der Waals surface area contributed by atoms with E-state index in [4.69, 9.17) is 5.84 Å². The van der Waals surface area contributed by atoms with Crippen LogP contribution in [-0.2, 0) is 4.79 Å². The molecule has 4 heteroatoms. The van der Waals surface area contributed by atoms with Gasteiger partial charge in [-0.05, 0) is 46.9 Å². The van der Waals surface area contributed by atoms with Gasteiger partial charge in [-0.1, -0.05) is 0 Å². The smallest absolute Gasteiger partial charge is 0.238 e. The van der Waals surface area contributed by atoms with Crippen molar-refractivity contribution in [3.8, 4) is 0 Å². The summed E-state index contributed by atoms with van der Waals surface area (Å²) in [4.78, 5) is 10.8. The van der Waals surface area contributed by atoms with Crippen LogP contribution >= 0.6 is 22.6 Å². The summed E-state index contributed by atoms with van der Waals surface area (Å²) in [6.45, 7) is 1.43. The van der Waals surface area contributed by atoms with Crippen LogP contribution in [0.2, 0.25) is 0 Å². The number of nitrogens with zero attached hydrogens (tertiary/aromatic N) is 1. The number of carbonyl (C=O) groups is 1. The number of amides is 1. The van der Waals surface area contributed by atoms with Gasteiger partial charge in [-0.3, -0.25) is 4.79 Å². The SMILES string of the molecule is CC(=O)N(N)c1ccc(I)cc1. The summed E-state index contributed by atoms with van der Waals surface area (Å²) >= 11 is 2.19. The van der Waals surface area contributed by atoms with E-state index in [9.17, 15) is 4.79 Å². The second-order valence-corrected chi connectivity index (χ2v) is 3.61. The monoisotopic (exact) mass is 276 g/mol. The molecule has 3 nitrogen and oxygen atoms in total. The van der Waals surface area contributed by atoms with Crippen molar-refractivity contribution < 1.29 is 4.79 Å². The number of hydrogen-bond acceptors (Lipinski definition) is 2. The number of nitrogens with two attached hydrogens (primary N) is 1. The summed E-state index contributed by atoms with van der Waals surface area (Å²) in [6.07, 6.45) is 0. The second-order valence-electron chi connectivity index (χ2n) is 2.37. The van der Waals surface area contributed by atoms with E-state index in [0.717, 1.165) is 8.58 Å². The van der Waals surface area contributed by atoms with Crippen LogP contribution in [0.1, 0.15) is 6.92 Å². The fourth-order valence-corrected chi connectivity index (χ4v) is 1.14. The van der Waals surface area contributed by atoms with E-state index < -0.39 is 0 Å². The van der Waals surface area contributed by atoms with Crippen LogP contribution < -0.4 is 10.9 Å². The molecule has 0 atom stereocenters. The van der Waals surface area contributed by atoms with Crippen molar-refractivity contribution >= 4 is 34.2 Å². The zero-order valence-corrected chi connectivity index (χ0v) is 8.78. The highest BCUT2D eigenvalue weighted by atomic mass is 127. The Labute approximate surface area is 84.7 Å². The van der Waals surface area contributed by atoms with Gasteiger partial charge in [0.2, 0.25) is 5.91 Å². The third kappa shape index (κ3) is 2.18. The summed E-state index contributed by atoms with van der Waals surface area (Å²) in [5.41, 5.74) is 0.711. The fourth-order valence-electron chi connectivity index (χ4n) is 0.783. The maximum absolute atomic E-state index is 10.8. The summed E-state index contributed by atoms with van der Waals surface area (Å²) < 4.78 is 1.12. The van der Waals surface area contributed by atoms with Crippen molar-refractivity contribution in [3.63, 3.8) is 0 Å². The molecule has 0 radical (unpaired) electrons. The van der Waals surface area contributed by atoms with Crippen molar-refractivity contribution in [2.24, 2.45) is 5.84 Å². The first-order chi connectivity index (χ1) is 5.61. The van der Waals surface area contributed by atoms with Crippen molar-refractivity contribution in [2.75, 3.05) is 5.01 Å². The third-order valence-corrected chi connectivity index (χ3v) is 2.16. The molecule has 0 heterocycles. The number of anilines is 1. The highest BCUT2D eigenvalue weighted by molar-refractivity contribution is 14.1. The highest BCUT2D eigenvalue weighted by Crippen LogP contribution is 2.13. The molecular weight excluding hydrogens is 267 g/mol. The van der Waals surface area contributed by atoms with E-state index in [1.165, 1.54) is 6.92 Å². The van der Waals surface area contributed by atoms with Gasteiger partial charge < -0.3 is 0 Å². The highest BCUT2D eigenvalue weighted by Gasteiger charge is 2.04. The first-order valence-electron chi connectivity index (χ1n) is 3.42. The maximum Gasteiger partial charge on any atom is 0.238 e. The van der Waals surface area contributed by atoms with Crippen LogP contribution in [0.25, 0.3) is 0 Å². The Bertz CT molecular complexity index is 284. The van der Waals surface area contributed by atoms with Gasteiger partial charge in [0, 0.05) is 10.5 Å². The van der Waals surface area contributed by atoms with Crippen molar-refractivity contribution in [1.82, 2.24) is 0 Å². The lowest BCUT2D eigenvalue weighted by Gasteiger charge is -2.13. The Hall–Kier alpha value is -0.620. The third-order valence-electron chi connectivity index (χ3n) is 1.44. The molecule has 0 spiro atoms. The van der Waals surface area contributed by atoms with Crippen LogP contribution in [0.5, 0.6) is 0 Å². The lowest BCUT2D eigenvalue weighted by molar-refractivity contribution is -0.116. The summed E-state index contributed by atoms with van der Waals surface area (Å²) in [5.74, 6) is 5.30. The molecule has 0 saturated carbocycles. The summed E-state index contributed by atoms with van der Waals surface area (Å²) in [6, 6.07) is 7.42. The molecule has 2 N–H and O–H groups in total. The number of hydrogen-bond donors (Lipinski definition) is 1. The predicted molar refractivity (Wildman–Crippen MR) is 56.5 cm³/mol. The lowest BCUT2D eigenvalue weighted by Crippen LogP contribution is -2.35. The van der Waals surface area contributed by atoms with Gasteiger partial charge in [0.25, 0.3) is 0 Å². The Balaban J connectivity index is 2.89. The predicted octanol–water partition coefficient (Wildman–Crippen LogP) is 1.52. The van der Waals surface area contributed by atoms with E-state index in [2.05, 4.69) is 22.6 Å². The van der Waals surface area contributed by atoms with Gasteiger partial charge >= 0.3 is 0 Å². The van der Waals surface area contributed by atoms with Crippen LogP contribution in [0.3, 0.4) is 0 Å². The van der Waals surface area contributed by atoms with E-state index >= 15 is 0 Å². The Morgan fingerprint density at radius 1 is 1.42 bits per heavy atom. The van der Waals surface area contributed by atoms with Crippen LogP contribution in [0.15, 0.2) is 24.3 Å². The molecule has 0 fully saturated rings. The van der Waals surface area contributed by atoms with E-state index in [0.29, 0.717) is 5.69 Å². The van der Waals surface area contributed by atoms with E-state index in [1.54, 1.807) is 0 Å². The second kappa shape index (κ2) is 3.86. The molecule has 0 unspecified atom stereocenters. The minimum Gasteiger partial charge on any atom is -0.273 e. The average molecular weight is 276 g/mol. The van der Waals surface area contributed by atoms with Crippen LogP contribution in [0, 0.1) is 3.57 Å². The number of carbonyl (C=O) groups excluding carboxylic acids is 1. The molecule has 0 saturated heterocycles. The van der Waals surface area contributed by atoms with Crippen molar-refractivity contribution in [2.45, 2.75) is 6.92 Å². The van der Waals surface area contributed by atoms with E-state index in [1.807, 2.05) is 24.3 Å². The molecule has 1 aromatic rings.